The van der Waals surface area contributed by atoms with E-state index >= 15 is 0 Å². The van der Waals surface area contributed by atoms with Gasteiger partial charge in [0.25, 0.3) is 0 Å². The van der Waals surface area contributed by atoms with Crippen LogP contribution in [0, 0.1) is 0 Å². The van der Waals surface area contributed by atoms with Gasteiger partial charge in [0.2, 0.25) is 5.91 Å². The summed E-state index contributed by atoms with van der Waals surface area (Å²) in [5.41, 5.74) is 5.42. The molecule has 92 valence electrons. The molecule has 0 unspecified atom stereocenters. The van der Waals surface area contributed by atoms with Crippen LogP contribution < -0.4 is 11.1 Å². The Morgan fingerprint density at radius 1 is 1.19 bits per heavy atom. The standard InChI is InChI=1S/C12H22N2O2/c1-11(4-2-3-5-11)14-10(15)12(13)6-8-16-9-7-12/h2-9,13H2,1H3,(H,14,15). The molecule has 0 aromatic rings. The number of hydrogen-bond acceptors (Lipinski definition) is 3. The van der Waals surface area contributed by atoms with Gasteiger partial charge in [0.1, 0.15) is 0 Å². The van der Waals surface area contributed by atoms with Crippen molar-refractivity contribution in [1.82, 2.24) is 5.32 Å². The maximum Gasteiger partial charge on any atom is 0.240 e. The molecule has 0 atom stereocenters. The van der Waals surface area contributed by atoms with E-state index in [0.717, 1.165) is 12.8 Å². The van der Waals surface area contributed by atoms with Gasteiger partial charge < -0.3 is 15.8 Å². The maximum atomic E-state index is 12.2. The largest absolute Gasteiger partial charge is 0.381 e. The number of hydrogen-bond donors (Lipinski definition) is 2. The van der Waals surface area contributed by atoms with Crippen molar-refractivity contribution in [1.29, 1.82) is 0 Å². The lowest BCUT2D eigenvalue weighted by atomic mass is 9.88. The summed E-state index contributed by atoms with van der Waals surface area (Å²) in [5.74, 6) is 0.0141. The van der Waals surface area contributed by atoms with Crippen molar-refractivity contribution in [3.63, 3.8) is 0 Å². The fraction of sp³-hybridized carbons (Fsp3) is 0.917. The molecule has 4 heteroatoms. The van der Waals surface area contributed by atoms with Crippen molar-refractivity contribution in [2.75, 3.05) is 13.2 Å². The molecule has 4 nitrogen and oxygen atoms in total. The zero-order valence-corrected chi connectivity index (χ0v) is 10.1. The van der Waals surface area contributed by atoms with E-state index in [4.69, 9.17) is 10.5 Å². The molecule has 1 aliphatic carbocycles. The average Bonchev–Trinajstić information content (AvgIpc) is 2.66. The van der Waals surface area contributed by atoms with Crippen LogP contribution in [0.25, 0.3) is 0 Å². The highest BCUT2D eigenvalue weighted by molar-refractivity contribution is 5.86. The summed E-state index contributed by atoms with van der Waals surface area (Å²) in [6.07, 6.45) is 5.83. The number of nitrogens with one attached hydrogen (secondary N) is 1. The molecule has 0 spiro atoms. The second-order valence-corrected chi connectivity index (χ2v) is 5.49. The highest BCUT2D eigenvalue weighted by Crippen LogP contribution is 2.30. The van der Waals surface area contributed by atoms with Crippen molar-refractivity contribution in [3.05, 3.63) is 0 Å². The zero-order valence-electron chi connectivity index (χ0n) is 10.1. The summed E-state index contributed by atoms with van der Waals surface area (Å²) < 4.78 is 5.25. The molecular weight excluding hydrogens is 204 g/mol. The predicted molar refractivity (Wildman–Crippen MR) is 62.0 cm³/mol. The van der Waals surface area contributed by atoms with Gasteiger partial charge in [-0.25, -0.2) is 0 Å². The Labute approximate surface area is 96.9 Å². The Morgan fingerprint density at radius 2 is 1.75 bits per heavy atom. The minimum atomic E-state index is -0.705. The van der Waals surface area contributed by atoms with Crippen LogP contribution in [-0.4, -0.2) is 30.2 Å². The Kier molecular flexibility index (Phi) is 3.22. The molecule has 1 saturated carbocycles. The Balaban J connectivity index is 1.96. The molecule has 2 fully saturated rings. The van der Waals surface area contributed by atoms with Crippen LogP contribution in [0.4, 0.5) is 0 Å². The van der Waals surface area contributed by atoms with Crippen LogP contribution >= 0.6 is 0 Å². The second-order valence-electron chi connectivity index (χ2n) is 5.49. The van der Waals surface area contributed by atoms with E-state index in [-0.39, 0.29) is 11.4 Å². The molecule has 16 heavy (non-hydrogen) atoms. The highest BCUT2D eigenvalue weighted by atomic mass is 16.5. The first-order valence-electron chi connectivity index (χ1n) is 6.23. The third-order valence-corrected chi connectivity index (χ3v) is 3.96. The van der Waals surface area contributed by atoms with Gasteiger partial charge in [0.05, 0.1) is 5.54 Å². The van der Waals surface area contributed by atoms with E-state index in [2.05, 4.69) is 12.2 Å². The number of ether oxygens (including phenoxy) is 1. The van der Waals surface area contributed by atoms with Crippen molar-refractivity contribution >= 4 is 5.91 Å². The fourth-order valence-electron chi connectivity index (χ4n) is 2.64. The molecule has 1 aliphatic heterocycles. The monoisotopic (exact) mass is 226 g/mol. The summed E-state index contributed by atoms with van der Waals surface area (Å²) in [7, 11) is 0. The van der Waals surface area contributed by atoms with Gasteiger partial charge in [-0.2, -0.15) is 0 Å². The van der Waals surface area contributed by atoms with Crippen LogP contribution in [0.1, 0.15) is 45.4 Å². The molecule has 1 saturated heterocycles. The lowest BCUT2D eigenvalue weighted by Crippen LogP contribution is -2.60. The number of carbonyl (C=O) groups is 1. The summed E-state index contributed by atoms with van der Waals surface area (Å²) in [6, 6.07) is 0. The third kappa shape index (κ3) is 2.38. The Bertz CT molecular complexity index is 266. The zero-order chi connectivity index (χ0) is 11.6. The first kappa shape index (κ1) is 11.9. The third-order valence-electron chi connectivity index (χ3n) is 3.96. The van der Waals surface area contributed by atoms with E-state index in [1.807, 2.05) is 0 Å². The molecular formula is C12H22N2O2. The van der Waals surface area contributed by atoms with E-state index in [0.29, 0.717) is 26.1 Å². The Morgan fingerprint density at radius 3 is 2.31 bits per heavy atom. The molecule has 1 heterocycles. The average molecular weight is 226 g/mol. The summed E-state index contributed by atoms with van der Waals surface area (Å²) in [4.78, 5) is 12.2. The predicted octanol–water partition coefficient (Wildman–Crippen LogP) is 0.943. The van der Waals surface area contributed by atoms with Crippen LogP contribution in [0.15, 0.2) is 0 Å². The van der Waals surface area contributed by atoms with Gasteiger partial charge >= 0.3 is 0 Å². The smallest absolute Gasteiger partial charge is 0.240 e. The molecule has 0 aromatic carbocycles. The SMILES string of the molecule is CC1(NC(=O)C2(N)CCOCC2)CCCC1. The van der Waals surface area contributed by atoms with E-state index in [1.54, 1.807) is 0 Å². The normalized spacial score (nSPS) is 27.6. The van der Waals surface area contributed by atoms with Crippen molar-refractivity contribution in [2.24, 2.45) is 5.73 Å². The lowest BCUT2D eigenvalue weighted by Gasteiger charge is -2.36. The topological polar surface area (TPSA) is 64.4 Å². The number of nitrogens with two attached hydrogens (primary N) is 1. The Hall–Kier alpha value is -0.610. The second kappa shape index (κ2) is 4.34. The molecule has 3 N–H and O–H groups in total. The lowest BCUT2D eigenvalue weighted by molar-refractivity contribution is -0.131. The van der Waals surface area contributed by atoms with Crippen molar-refractivity contribution < 1.29 is 9.53 Å². The molecule has 2 aliphatic rings. The van der Waals surface area contributed by atoms with Gasteiger partial charge in [0, 0.05) is 18.8 Å². The fourth-order valence-corrected chi connectivity index (χ4v) is 2.64. The highest BCUT2D eigenvalue weighted by Gasteiger charge is 2.40. The van der Waals surface area contributed by atoms with Crippen molar-refractivity contribution in [3.8, 4) is 0 Å². The molecule has 0 radical (unpaired) electrons. The van der Waals surface area contributed by atoms with Crippen LogP contribution in [-0.2, 0) is 9.53 Å². The number of carbonyl (C=O) groups excluding carboxylic acids is 1. The van der Waals surface area contributed by atoms with Crippen LogP contribution in [0.3, 0.4) is 0 Å². The summed E-state index contributed by atoms with van der Waals surface area (Å²) >= 11 is 0. The van der Waals surface area contributed by atoms with Gasteiger partial charge in [-0.1, -0.05) is 12.8 Å². The number of rotatable bonds is 2. The molecule has 1 amide bonds. The quantitative estimate of drug-likeness (QED) is 0.736. The van der Waals surface area contributed by atoms with E-state index < -0.39 is 5.54 Å². The van der Waals surface area contributed by atoms with Crippen LogP contribution in [0.2, 0.25) is 0 Å². The van der Waals surface area contributed by atoms with Crippen LogP contribution in [0.5, 0.6) is 0 Å². The first-order valence-corrected chi connectivity index (χ1v) is 6.23. The summed E-state index contributed by atoms with van der Waals surface area (Å²) in [6.45, 7) is 3.32. The van der Waals surface area contributed by atoms with Gasteiger partial charge in [-0.05, 0) is 32.6 Å². The maximum absolute atomic E-state index is 12.2. The first-order chi connectivity index (χ1) is 7.54. The van der Waals surface area contributed by atoms with Gasteiger partial charge in [-0.3, -0.25) is 4.79 Å². The molecule has 2 rings (SSSR count). The van der Waals surface area contributed by atoms with E-state index in [9.17, 15) is 4.79 Å². The van der Waals surface area contributed by atoms with Crippen molar-refractivity contribution in [2.45, 2.75) is 56.5 Å². The molecule has 0 bridgehead atoms. The minimum Gasteiger partial charge on any atom is -0.381 e. The minimum absolute atomic E-state index is 0.0141. The number of amides is 1. The van der Waals surface area contributed by atoms with Gasteiger partial charge in [0.15, 0.2) is 0 Å². The molecule has 0 aromatic heterocycles. The summed E-state index contributed by atoms with van der Waals surface area (Å²) in [5, 5.41) is 3.15. The van der Waals surface area contributed by atoms with Gasteiger partial charge in [-0.15, -0.1) is 0 Å². The van der Waals surface area contributed by atoms with E-state index in [1.165, 1.54) is 12.8 Å².